The van der Waals surface area contributed by atoms with E-state index >= 15 is 0 Å². The first kappa shape index (κ1) is 24.9. The van der Waals surface area contributed by atoms with Crippen molar-refractivity contribution < 1.29 is 14.6 Å². The Morgan fingerprint density at radius 1 is 0.861 bits per heavy atom. The van der Waals surface area contributed by atoms with Crippen LogP contribution in [0.5, 0.6) is 17.4 Å². The fourth-order valence-electron chi connectivity index (χ4n) is 3.78. The quantitative estimate of drug-likeness (QED) is 0.274. The number of rotatable bonds is 7. The average molecular weight is 502 g/mol. The van der Waals surface area contributed by atoms with Gasteiger partial charge in [-0.3, -0.25) is 18.9 Å². The van der Waals surface area contributed by atoms with Crippen molar-refractivity contribution in [3.63, 3.8) is 0 Å². The topological polar surface area (TPSA) is 78.0 Å². The Morgan fingerprint density at radius 2 is 1.36 bits per heavy atom. The zero-order valence-corrected chi connectivity index (χ0v) is 21.4. The first-order valence-corrected chi connectivity index (χ1v) is 11.7. The molecule has 0 bridgehead atoms. The molecule has 8 heteroatoms. The van der Waals surface area contributed by atoms with Crippen LogP contribution in [-0.4, -0.2) is 34.7 Å². The van der Waals surface area contributed by atoms with Crippen LogP contribution in [0, 0.1) is 18.6 Å². The fourth-order valence-corrected chi connectivity index (χ4v) is 4.16. The van der Waals surface area contributed by atoms with Crippen LogP contribution in [0.15, 0.2) is 76.5 Å². The molecule has 36 heavy (non-hydrogen) atoms. The van der Waals surface area contributed by atoms with E-state index in [0.29, 0.717) is 22.9 Å². The molecule has 0 spiro atoms. The maximum Gasteiger partial charge on any atom is 0.271 e. The normalized spacial score (nSPS) is 11.1. The van der Waals surface area contributed by atoms with Gasteiger partial charge in [0.1, 0.15) is 17.1 Å². The van der Waals surface area contributed by atoms with Crippen molar-refractivity contribution in [1.29, 1.82) is 0 Å². The number of aryl methyl sites for hydroxylation is 2. The van der Waals surface area contributed by atoms with E-state index in [0.717, 1.165) is 16.7 Å². The average Bonchev–Trinajstić information content (AvgIpc) is 2.88. The summed E-state index contributed by atoms with van der Waals surface area (Å²) in [4.78, 5) is 18.0. The van der Waals surface area contributed by atoms with Crippen molar-refractivity contribution in [1.82, 2.24) is 9.13 Å². The number of aromatic nitrogens is 2. The highest BCUT2D eigenvalue weighted by Gasteiger charge is 2.18. The lowest BCUT2D eigenvalue weighted by atomic mass is 10.2. The van der Waals surface area contributed by atoms with Gasteiger partial charge in [0, 0.05) is 12.3 Å². The molecule has 1 N–H and O–H groups in total. The zero-order valence-electron chi connectivity index (χ0n) is 20.6. The summed E-state index contributed by atoms with van der Waals surface area (Å²) in [5, 5.41) is 11.2. The summed E-state index contributed by atoms with van der Waals surface area (Å²) >= 11 is 5.69. The summed E-state index contributed by atoms with van der Waals surface area (Å²) in [6.07, 6.45) is 1.38. The van der Waals surface area contributed by atoms with Crippen LogP contribution in [0.4, 0.5) is 0 Å². The van der Waals surface area contributed by atoms with E-state index in [2.05, 4.69) is 4.99 Å². The largest absolute Gasteiger partial charge is 0.497 e. The number of benzene rings is 3. The number of aliphatic imine (C=N–C) groups is 1. The Kier molecular flexibility index (Phi) is 7.36. The number of hydrogen-bond acceptors (Lipinski definition) is 6. The molecule has 0 aliphatic carbocycles. The highest BCUT2D eigenvalue weighted by Crippen LogP contribution is 2.24. The SMILES string of the molecule is COc1cc(CN=Cc2c(O)n(-c3ccc(C)cc3)c(=S)n(-c3ccc(C)cc3)c2=O)cc(OC)c1. The molecule has 3 aromatic carbocycles. The van der Waals surface area contributed by atoms with E-state index in [1.807, 2.05) is 74.5 Å². The molecule has 0 amide bonds. The second kappa shape index (κ2) is 10.6. The smallest absolute Gasteiger partial charge is 0.271 e. The molecule has 0 fully saturated rings. The Hall–Kier alpha value is -4.17. The molecule has 0 saturated heterocycles. The minimum absolute atomic E-state index is 0.0274. The van der Waals surface area contributed by atoms with Gasteiger partial charge in [-0.15, -0.1) is 0 Å². The van der Waals surface area contributed by atoms with Gasteiger partial charge in [-0.1, -0.05) is 35.4 Å². The third-order valence-electron chi connectivity index (χ3n) is 5.76. The highest BCUT2D eigenvalue weighted by atomic mass is 32.1. The van der Waals surface area contributed by atoms with Crippen molar-refractivity contribution in [2.45, 2.75) is 20.4 Å². The molecular weight excluding hydrogens is 474 g/mol. The maximum absolute atomic E-state index is 13.6. The van der Waals surface area contributed by atoms with Crippen molar-refractivity contribution >= 4 is 18.4 Å². The highest BCUT2D eigenvalue weighted by molar-refractivity contribution is 7.71. The van der Waals surface area contributed by atoms with E-state index in [9.17, 15) is 9.90 Å². The molecule has 0 aliphatic heterocycles. The van der Waals surface area contributed by atoms with E-state index < -0.39 is 5.56 Å². The Balaban J connectivity index is 1.86. The Bertz CT molecular complexity index is 1510. The van der Waals surface area contributed by atoms with Crippen LogP contribution in [-0.2, 0) is 6.54 Å². The van der Waals surface area contributed by atoms with Gasteiger partial charge in [0.2, 0.25) is 5.88 Å². The molecule has 7 nitrogen and oxygen atoms in total. The molecule has 4 aromatic rings. The lowest BCUT2D eigenvalue weighted by molar-refractivity contribution is 0.393. The second-order valence-corrected chi connectivity index (χ2v) is 8.72. The molecule has 1 aromatic heterocycles. The van der Waals surface area contributed by atoms with Crippen molar-refractivity contribution in [3.05, 3.63) is 104 Å². The lowest BCUT2D eigenvalue weighted by Crippen LogP contribution is -2.27. The Morgan fingerprint density at radius 3 is 1.86 bits per heavy atom. The number of hydrogen-bond donors (Lipinski definition) is 1. The van der Waals surface area contributed by atoms with E-state index in [4.69, 9.17) is 21.7 Å². The van der Waals surface area contributed by atoms with Gasteiger partial charge in [0.25, 0.3) is 5.56 Å². The predicted molar refractivity (Wildman–Crippen MR) is 144 cm³/mol. The first-order chi connectivity index (χ1) is 17.3. The lowest BCUT2D eigenvalue weighted by Gasteiger charge is -2.17. The van der Waals surface area contributed by atoms with Gasteiger partial charge < -0.3 is 14.6 Å². The standard InChI is InChI=1S/C28H27N3O4S/c1-18-5-9-21(10-6-18)30-26(32)25(17-29-16-20-13-23(34-3)15-24(14-20)35-4)27(33)31(28(30)36)22-11-7-19(2)8-12-22/h5-15,17,32H,16H2,1-4H3. The van der Waals surface area contributed by atoms with Gasteiger partial charge in [0.15, 0.2) is 4.77 Å². The van der Waals surface area contributed by atoms with Gasteiger partial charge >= 0.3 is 0 Å². The molecule has 0 atom stereocenters. The van der Waals surface area contributed by atoms with Crippen LogP contribution in [0.3, 0.4) is 0 Å². The van der Waals surface area contributed by atoms with E-state index in [1.54, 1.807) is 20.3 Å². The van der Waals surface area contributed by atoms with Gasteiger partial charge in [0.05, 0.1) is 32.1 Å². The van der Waals surface area contributed by atoms with Crippen molar-refractivity contribution in [2.24, 2.45) is 4.99 Å². The third kappa shape index (κ3) is 5.08. The summed E-state index contributed by atoms with van der Waals surface area (Å²) < 4.78 is 13.7. The molecule has 0 radical (unpaired) electrons. The number of aromatic hydroxyl groups is 1. The van der Waals surface area contributed by atoms with Crippen LogP contribution in [0.25, 0.3) is 11.4 Å². The molecule has 0 aliphatic rings. The minimum atomic E-state index is -0.461. The molecule has 184 valence electrons. The zero-order chi connectivity index (χ0) is 25.8. The minimum Gasteiger partial charge on any atom is -0.497 e. The number of methoxy groups -OCH3 is 2. The van der Waals surface area contributed by atoms with Gasteiger partial charge in [-0.25, -0.2) is 0 Å². The monoisotopic (exact) mass is 501 g/mol. The summed E-state index contributed by atoms with van der Waals surface area (Å²) in [5.41, 5.74) is 3.74. The van der Waals surface area contributed by atoms with Gasteiger partial charge in [-0.2, -0.15) is 0 Å². The molecule has 4 rings (SSSR count). The maximum atomic E-state index is 13.6. The molecule has 1 heterocycles. The number of nitrogens with zero attached hydrogens (tertiary/aromatic N) is 3. The van der Waals surface area contributed by atoms with E-state index in [-0.39, 0.29) is 22.8 Å². The van der Waals surface area contributed by atoms with E-state index in [1.165, 1.54) is 15.3 Å². The van der Waals surface area contributed by atoms with Crippen LogP contribution in [0.1, 0.15) is 22.3 Å². The Labute approximate surface area is 214 Å². The number of ether oxygens (including phenoxy) is 2. The van der Waals surface area contributed by atoms with Crippen molar-refractivity contribution in [3.8, 4) is 28.8 Å². The second-order valence-electron chi connectivity index (χ2n) is 8.36. The molecule has 0 saturated carbocycles. The predicted octanol–water partition coefficient (Wildman–Crippen LogP) is 5.32. The van der Waals surface area contributed by atoms with Crippen LogP contribution in [0.2, 0.25) is 0 Å². The summed E-state index contributed by atoms with van der Waals surface area (Å²) in [7, 11) is 3.15. The fraction of sp³-hybridized carbons (Fsp3) is 0.179. The molecular formula is C28H27N3O4S. The van der Waals surface area contributed by atoms with Crippen molar-refractivity contribution in [2.75, 3.05) is 14.2 Å². The summed E-state index contributed by atoms with van der Waals surface area (Å²) in [6.45, 7) is 4.19. The summed E-state index contributed by atoms with van der Waals surface area (Å²) in [5.74, 6) is 0.998. The van der Waals surface area contributed by atoms with Crippen LogP contribution >= 0.6 is 12.2 Å². The third-order valence-corrected chi connectivity index (χ3v) is 6.12. The molecule has 0 unspecified atom stereocenters. The summed E-state index contributed by atoms with van der Waals surface area (Å²) in [6, 6.07) is 20.4. The van der Waals surface area contributed by atoms with Gasteiger partial charge in [-0.05, 0) is 68.0 Å². The first-order valence-electron chi connectivity index (χ1n) is 11.3. The van der Waals surface area contributed by atoms with Crippen LogP contribution < -0.4 is 15.0 Å².